The van der Waals surface area contributed by atoms with Gasteiger partial charge in [-0.25, -0.2) is 18.0 Å². The van der Waals surface area contributed by atoms with Crippen LogP contribution in [0.2, 0.25) is 0 Å². The first-order valence-electron chi connectivity index (χ1n) is 5.46. The fourth-order valence-corrected chi connectivity index (χ4v) is 2.67. The smallest absolute Gasteiger partial charge is 0.332 e. The van der Waals surface area contributed by atoms with E-state index in [1.54, 1.807) is 0 Å². The van der Waals surface area contributed by atoms with E-state index in [1.807, 2.05) is 0 Å². The molecule has 18 heavy (non-hydrogen) atoms. The van der Waals surface area contributed by atoms with E-state index < -0.39 is 27.9 Å². The number of aliphatic carboxylic acids is 1. The second kappa shape index (κ2) is 6.01. The number of amides is 2. The monoisotopic (exact) mass is 280 g/mol. The van der Waals surface area contributed by atoms with Crippen LogP contribution in [0, 0.1) is 0 Å². The summed E-state index contributed by atoms with van der Waals surface area (Å²) in [7, 11) is -3.03. The van der Waals surface area contributed by atoms with Crippen LogP contribution >= 0.6 is 0 Å². The number of nitrogens with one attached hydrogen (secondary N) is 1. The van der Waals surface area contributed by atoms with Gasteiger partial charge in [-0.3, -0.25) is 0 Å². The van der Waals surface area contributed by atoms with Gasteiger partial charge < -0.3 is 20.4 Å². The zero-order valence-electron chi connectivity index (χ0n) is 9.70. The number of carbonyl (C=O) groups excluding carboxylic acids is 1. The van der Waals surface area contributed by atoms with Crippen LogP contribution < -0.4 is 5.32 Å². The maximum Gasteiger partial charge on any atom is 0.332 e. The highest BCUT2D eigenvalue weighted by atomic mass is 32.2. The summed E-state index contributed by atoms with van der Waals surface area (Å²) in [5.74, 6) is -1.45. The number of nitrogens with zero attached hydrogens (tertiary/aromatic N) is 1. The number of hydrogen-bond acceptors (Lipinski definition) is 5. The lowest BCUT2D eigenvalue weighted by molar-refractivity contribution is -0.146. The lowest BCUT2D eigenvalue weighted by Gasteiger charge is -2.26. The summed E-state index contributed by atoms with van der Waals surface area (Å²) >= 11 is 0. The van der Waals surface area contributed by atoms with Crippen molar-refractivity contribution in [1.29, 1.82) is 0 Å². The molecule has 1 atom stereocenters. The lowest BCUT2D eigenvalue weighted by Crippen LogP contribution is -2.48. The third-order valence-corrected chi connectivity index (χ3v) is 4.22. The van der Waals surface area contributed by atoms with Gasteiger partial charge in [0, 0.05) is 26.1 Å². The second-order valence-corrected chi connectivity index (χ2v) is 6.32. The van der Waals surface area contributed by atoms with Crippen molar-refractivity contribution >= 4 is 21.8 Å². The van der Waals surface area contributed by atoms with Crippen LogP contribution in [-0.4, -0.2) is 72.8 Å². The van der Waals surface area contributed by atoms with Gasteiger partial charge in [-0.15, -0.1) is 0 Å². The first kappa shape index (κ1) is 14.7. The van der Waals surface area contributed by atoms with Gasteiger partial charge in [-0.05, 0) is 0 Å². The van der Waals surface area contributed by atoms with E-state index in [4.69, 9.17) is 10.2 Å². The van der Waals surface area contributed by atoms with Crippen molar-refractivity contribution in [3.05, 3.63) is 0 Å². The Balaban J connectivity index is 2.28. The van der Waals surface area contributed by atoms with Gasteiger partial charge in [-0.1, -0.05) is 0 Å². The van der Waals surface area contributed by atoms with Crippen molar-refractivity contribution in [3.63, 3.8) is 0 Å². The molecule has 2 amide bonds. The molecule has 0 aromatic rings. The molecule has 3 N–H and O–H groups in total. The number of hydrogen-bond donors (Lipinski definition) is 3. The minimum atomic E-state index is -3.03. The van der Waals surface area contributed by atoms with E-state index in [0.29, 0.717) is 0 Å². The number of carboxylic acid groups (broad SMARTS) is 1. The molecule has 1 fully saturated rings. The SMILES string of the molecule is O=C(O)C(O)CCNC(=O)N1CCS(=O)(=O)CC1. The van der Waals surface area contributed by atoms with E-state index in [2.05, 4.69) is 5.32 Å². The summed E-state index contributed by atoms with van der Waals surface area (Å²) in [6.07, 6.45) is -1.60. The zero-order chi connectivity index (χ0) is 13.8. The van der Waals surface area contributed by atoms with Gasteiger partial charge in [-0.2, -0.15) is 0 Å². The molecule has 0 radical (unpaired) electrons. The fraction of sp³-hybridized carbons (Fsp3) is 0.778. The van der Waals surface area contributed by atoms with Crippen molar-refractivity contribution in [2.45, 2.75) is 12.5 Å². The fourth-order valence-electron chi connectivity index (χ4n) is 1.47. The predicted octanol–water partition coefficient (Wildman–Crippen LogP) is -1.74. The number of aliphatic hydroxyl groups excluding tert-OH is 1. The third-order valence-electron chi connectivity index (χ3n) is 2.61. The van der Waals surface area contributed by atoms with Crippen molar-refractivity contribution in [2.24, 2.45) is 0 Å². The van der Waals surface area contributed by atoms with E-state index >= 15 is 0 Å². The molecule has 1 unspecified atom stereocenters. The van der Waals surface area contributed by atoms with Crippen molar-refractivity contribution < 1.29 is 28.2 Å². The standard InChI is InChI=1S/C9H16N2O6S/c12-7(8(13)14)1-2-10-9(15)11-3-5-18(16,17)6-4-11/h7,12H,1-6H2,(H,10,15)(H,13,14). The normalized spacial score (nSPS) is 20.2. The Morgan fingerprint density at radius 1 is 1.28 bits per heavy atom. The molecule has 104 valence electrons. The Morgan fingerprint density at radius 2 is 1.83 bits per heavy atom. The molecule has 0 spiro atoms. The van der Waals surface area contributed by atoms with Crippen LogP contribution in [0.4, 0.5) is 4.79 Å². The Morgan fingerprint density at radius 3 is 2.33 bits per heavy atom. The average Bonchev–Trinajstić information content (AvgIpc) is 2.28. The van der Waals surface area contributed by atoms with Gasteiger partial charge in [0.1, 0.15) is 0 Å². The quantitative estimate of drug-likeness (QED) is 0.561. The number of urea groups is 1. The van der Waals surface area contributed by atoms with Gasteiger partial charge in [0.2, 0.25) is 0 Å². The Bertz CT molecular complexity index is 407. The summed E-state index contributed by atoms with van der Waals surface area (Å²) in [4.78, 5) is 23.2. The minimum absolute atomic E-state index is 0.0234. The van der Waals surface area contributed by atoms with Crippen molar-refractivity contribution in [3.8, 4) is 0 Å². The molecule has 0 bridgehead atoms. The van der Waals surface area contributed by atoms with E-state index in [0.717, 1.165) is 0 Å². The molecule has 0 aromatic carbocycles. The molecule has 0 aliphatic carbocycles. The zero-order valence-corrected chi connectivity index (χ0v) is 10.5. The number of aliphatic hydroxyl groups is 1. The van der Waals surface area contributed by atoms with Crippen LogP contribution in [-0.2, 0) is 14.6 Å². The van der Waals surface area contributed by atoms with E-state index in [-0.39, 0.29) is 37.6 Å². The number of carbonyl (C=O) groups is 2. The third kappa shape index (κ3) is 4.49. The van der Waals surface area contributed by atoms with Crippen molar-refractivity contribution in [1.82, 2.24) is 10.2 Å². The van der Waals surface area contributed by atoms with Crippen LogP contribution in [0.25, 0.3) is 0 Å². The minimum Gasteiger partial charge on any atom is -0.479 e. The highest BCUT2D eigenvalue weighted by molar-refractivity contribution is 7.91. The Labute approximate surface area is 104 Å². The van der Waals surface area contributed by atoms with Crippen LogP contribution in [0.5, 0.6) is 0 Å². The molecule has 1 rings (SSSR count). The summed E-state index contributed by atoms with van der Waals surface area (Å²) < 4.78 is 22.3. The highest BCUT2D eigenvalue weighted by Crippen LogP contribution is 2.03. The molecule has 1 heterocycles. The van der Waals surface area contributed by atoms with Gasteiger partial charge >= 0.3 is 12.0 Å². The molecule has 9 heteroatoms. The molecule has 0 saturated carbocycles. The second-order valence-electron chi connectivity index (χ2n) is 4.01. The van der Waals surface area contributed by atoms with E-state index in [9.17, 15) is 18.0 Å². The molecular formula is C9H16N2O6S. The number of sulfone groups is 1. The largest absolute Gasteiger partial charge is 0.479 e. The van der Waals surface area contributed by atoms with E-state index in [1.165, 1.54) is 4.90 Å². The Hall–Kier alpha value is -1.35. The first-order chi connectivity index (χ1) is 8.32. The molecule has 8 nitrogen and oxygen atoms in total. The topological polar surface area (TPSA) is 124 Å². The molecule has 1 aliphatic heterocycles. The van der Waals surface area contributed by atoms with Crippen LogP contribution in [0.15, 0.2) is 0 Å². The summed E-state index contributed by atoms with van der Waals surface area (Å²) in [6, 6.07) is -0.442. The van der Waals surface area contributed by atoms with Gasteiger partial charge in [0.05, 0.1) is 11.5 Å². The summed E-state index contributed by atoms with van der Waals surface area (Å²) in [5, 5.41) is 19.8. The van der Waals surface area contributed by atoms with Crippen molar-refractivity contribution in [2.75, 3.05) is 31.1 Å². The van der Waals surface area contributed by atoms with Gasteiger partial charge in [0.15, 0.2) is 15.9 Å². The molecule has 1 saturated heterocycles. The number of carboxylic acids is 1. The maximum absolute atomic E-state index is 11.6. The Kier molecular flexibility index (Phi) is 4.91. The van der Waals surface area contributed by atoms with Crippen LogP contribution in [0.1, 0.15) is 6.42 Å². The average molecular weight is 280 g/mol. The first-order valence-corrected chi connectivity index (χ1v) is 7.28. The molecule has 0 aromatic heterocycles. The maximum atomic E-state index is 11.6. The summed E-state index contributed by atoms with van der Waals surface area (Å²) in [5.41, 5.74) is 0. The highest BCUT2D eigenvalue weighted by Gasteiger charge is 2.24. The summed E-state index contributed by atoms with van der Waals surface area (Å²) in [6.45, 7) is 0.293. The molecular weight excluding hydrogens is 264 g/mol. The lowest BCUT2D eigenvalue weighted by atomic mass is 10.2. The van der Waals surface area contributed by atoms with Crippen LogP contribution in [0.3, 0.4) is 0 Å². The number of rotatable bonds is 4. The van der Waals surface area contributed by atoms with Gasteiger partial charge in [0.25, 0.3) is 0 Å². The predicted molar refractivity (Wildman–Crippen MR) is 61.9 cm³/mol. The molecule has 1 aliphatic rings.